The first-order valence-electron chi connectivity index (χ1n) is 6.79. The molecule has 3 rings (SSSR count). The summed E-state index contributed by atoms with van der Waals surface area (Å²) >= 11 is 3.41. The fraction of sp³-hybridized carbons (Fsp3) is 0.0625. The smallest absolute Gasteiger partial charge is 0.270 e. The maximum atomic E-state index is 12.5. The third-order valence-corrected chi connectivity index (χ3v) is 4.43. The quantitative estimate of drug-likeness (QED) is 0.526. The summed E-state index contributed by atoms with van der Waals surface area (Å²) in [5.74, 6) is -0.321. The van der Waals surface area contributed by atoms with Crippen LogP contribution in [0.2, 0.25) is 0 Å². The SMILES string of the molecule is Cc1cc(NC(=O)c2c[nH]c3ccc([N+](=O)[O-])cc23)ccc1Br. The molecule has 1 amide bonds. The molecule has 0 aliphatic carbocycles. The van der Waals surface area contributed by atoms with Gasteiger partial charge in [0.15, 0.2) is 0 Å². The van der Waals surface area contributed by atoms with Gasteiger partial charge in [0.1, 0.15) is 0 Å². The van der Waals surface area contributed by atoms with E-state index in [0.29, 0.717) is 22.2 Å². The number of rotatable bonds is 3. The summed E-state index contributed by atoms with van der Waals surface area (Å²) in [6.45, 7) is 1.93. The highest BCUT2D eigenvalue weighted by atomic mass is 79.9. The van der Waals surface area contributed by atoms with E-state index < -0.39 is 4.92 Å². The van der Waals surface area contributed by atoms with Gasteiger partial charge in [-0.15, -0.1) is 0 Å². The number of nitro groups is 1. The summed E-state index contributed by atoms with van der Waals surface area (Å²) in [7, 11) is 0. The largest absolute Gasteiger partial charge is 0.360 e. The van der Waals surface area contributed by atoms with E-state index in [2.05, 4.69) is 26.2 Å². The van der Waals surface area contributed by atoms with E-state index in [-0.39, 0.29) is 11.6 Å². The number of H-pyrrole nitrogens is 1. The summed E-state index contributed by atoms with van der Waals surface area (Å²) < 4.78 is 0.957. The van der Waals surface area contributed by atoms with Crippen molar-refractivity contribution in [1.29, 1.82) is 0 Å². The van der Waals surface area contributed by atoms with E-state index >= 15 is 0 Å². The minimum absolute atomic E-state index is 0.0503. The molecule has 1 heterocycles. The zero-order chi connectivity index (χ0) is 16.6. The lowest BCUT2D eigenvalue weighted by Crippen LogP contribution is -2.11. The highest BCUT2D eigenvalue weighted by Gasteiger charge is 2.15. The number of hydrogen-bond acceptors (Lipinski definition) is 3. The predicted octanol–water partition coefficient (Wildman–Crippen LogP) is 4.40. The first kappa shape index (κ1) is 15.2. The lowest BCUT2D eigenvalue weighted by molar-refractivity contribution is -0.384. The maximum absolute atomic E-state index is 12.5. The number of nitro benzene ring substituents is 1. The van der Waals surface area contributed by atoms with E-state index in [1.165, 1.54) is 12.1 Å². The Hall–Kier alpha value is -2.67. The van der Waals surface area contributed by atoms with Crippen LogP contribution in [-0.2, 0) is 0 Å². The standard InChI is InChI=1S/C16H12BrN3O3/c1-9-6-10(2-4-14(9)17)19-16(21)13-8-18-15-5-3-11(20(22)23)7-12(13)15/h2-8,18H,1H3,(H,19,21). The molecule has 0 fully saturated rings. The van der Waals surface area contributed by atoms with Gasteiger partial charge in [0, 0.05) is 39.4 Å². The minimum atomic E-state index is -0.480. The third kappa shape index (κ3) is 2.95. The lowest BCUT2D eigenvalue weighted by atomic mass is 10.1. The van der Waals surface area contributed by atoms with Crippen molar-refractivity contribution >= 4 is 44.1 Å². The van der Waals surface area contributed by atoms with Crippen molar-refractivity contribution in [1.82, 2.24) is 4.98 Å². The van der Waals surface area contributed by atoms with Crippen molar-refractivity contribution in [3.05, 3.63) is 68.3 Å². The highest BCUT2D eigenvalue weighted by Crippen LogP contribution is 2.25. The zero-order valence-corrected chi connectivity index (χ0v) is 13.7. The van der Waals surface area contributed by atoms with Crippen molar-refractivity contribution < 1.29 is 9.72 Å². The second-order valence-corrected chi connectivity index (χ2v) is 5.96. The average molecular weight is 374 g/mol. The Morgan fingerprint density at radius 3 is 2.74 bits per heavy atom. The van der Waals surface area contributed by atoms with Gasteiger partial charge in [0.05, 0.1) is 10.5 Å². The normalized spacial score (nSPS) is 10.7. The third-order valence-electron chi connectivity index (χ3n) is 3.54. The van der Waals surface area contributed by atoms with Gasteiger partial charge in [0.25, 0.3) is 11.6 Å². The van der Waals surface area contributed by atoms with Crippen molar-refractivity contribution in [3.8, 4) is 0 Å². The zero-order valence-electron chi connectivity index (χ0n) is 12.1. The fourth-order valence-corrected chi connectivity index (χ4v) is 2.58. The molecule has 2 aromatic carbocycles. The molecule has 0 aliphatic rings. The molecule has 6 nitrogen and oxygen atoms in total. The van der Waals surface area contributed by atoms with Crippen molar-refractivity contribution in [2.75, 3.05) is 5.32 Å². The molecule has 0 aliphatic heterocycles. The molecule has 7 heteroatoms. The van der Waals surface area contributed by atoms with Crippen LogP contribution in [0, 0.1) is 17.0 Å². The highest BCUT2D eigenvalue weighted by molar-refractivity contribution is 9.10. The lowest BCUT2D eigenvalue weighted by Gasteiger charge is -2.06. The summed E-state index contributed by atoms with van der Waals surface area (Å²) in [4.78, 5) is 25.8. The predicted molar refractivity (Wildman–Crippen MR) is 91.8 cm³/mol. The Morgan fingerprint density at radius 2 is 2.04 bits per heavy atom. The van der Waals surface area contributed by atoms with E-state index in [9.17, 15) is 14.9 Å². The summed E-state index contributed by atoms with van der Waals surface area (Å²) in [6, 6.07) is 9.87. The Labute approximate surface area is 139 Å². The molecule has 0 atom stereocenters. The molecule has 3 aromatic rings. The molecular weight excluding hydrogens is 362 g/mol. The van der Waals surface area contributed by atoms with E-state index in [1.807, 2.05) is 19.1 Å². The number of amides is 1. The Kier molecular flexibility index (Phi) is 3.87. The van der Waals surface area contributed by atoms with Gasteiger partial charge in [0.2, 0.25) is 0 Å². The van der Waals surface area contributed by atoms with Crippen molar-refractivity contribution in [2.24, 2.45) is 0 Å². The number of anilines is 1. The topological polar surface area (TPSA) is 88.0 Å². The number of carbonyl (C=O) groups is 1. The van der Waals surface area contributed by atoms with Crippen LogP contribution in [-0.4, -0.2) is 15.8 Å². The number of aromatic amines is 1. The van der Waals surface area contributed by atoms with E-state index in [0.717, 1.165) is 10.0 Å². The molecule has 23 heavy (non-hydrogen) atoms. The van der Waals surface area contributed by atoms with Crippen LogP contribution in [0.25, 0.3) is 10.9 Å². The van der Waals surface area contributed by atoms with Crippen LogP contribution in [0.4, 0.5) is 11.4 Å². The van der Waals surface area contributed by atoms with Gasteiger partial charge in [-0.05, 0) is 36.8 Å². The van der Waals surface area contributed by atoms with E-state index in [1.54, 1.807) is 18.3 Å². The maximum Gasteiger partial charge on any atom is 0.270 e. The van der Waals surface area contributed by atoms with Gasteiger partial charge in [-0.1, -0.05) is 15.9 Å². The van der Waals surface area contributed by atoms with Gasteiger partial charge in [-0.2, -0.15) is 0 Å². The van der Waals surface area contributed by atoms with Gasteiger partial charge in [-0.25, -0.2) is 0 Å². The Morgan fingerprint density at radius 1 is 1.26 bits per heavy atom. The molecular formula is C16H12BrN3O3. The molecule has 0 saturated heterocycles. The Balaban J connectivity index is 1.95. The second-order valence-electron chi connectivity index (χ2n) is 5.11. The molecule has 0 saturated carbocycles. The first-order valence-corrected chi connectivity index (χ1v) is 7.58. The van der Waals surface area contributed by atoms with Gasteiger partial charge < -0.3 is 10.3 Å². The van der Waals surface area contributed by atoms with Crippen LogP contribution in [0.15, 0.2) is 47.1 Å². The summed E-state index contributed by atoms with van der Waals surface area (Å²) in [6.07, 6.45) is 1.55. The molecule has 0 spiro atoms. The molecule has 0 bridgehead atoms. The first-order chi connectivity index (χ1) is 11.0. The van der Waals surface area contributed by atoms with Crippen LogP contribution in [0.1, 0.15) is 15.9 Å². The number of non-ortho nitro benzene ring substituents is 1. The van der Waals surface area contributed by atoms with Crippen LogP contribution in [0.5, 0.6) is 0 Å². The fourth-order valence-electron chi connectivity index (χ4n) is 2.33. The second kappa shape index (κ2) is 5.85. The number of aryl methyl sites for hydroxylation is 1. The van der Waals surface area contributed by atoms with Crippen molar-refractivity contribution in [2.45, 2.75) is 6.92 Å². The molecule has 0 unspecified atom stereocenters. The van der Waals surface area contributed by atoms with Gasteiger partial charge >= 0.3 is 0 Å². The molecule has 1 aromatic heterocycles. The van der Waals surface area contributed by atoms with Crippen molar-refractivity contribution in [3.63, 3.8) is 0 Å². The number of fused-ring (bicyclic) bond motifs is 1. The summed E-state index contributed by atoms with van der Waals surface area (Å²) in [5.41, 5.74) is 2.65. The van der Waals surface area contributed by atoms with Crippen LogP contribution < -0.4 is 5.32 Å². The molecule has 116 valence electrons. The number of aromatic nitrogens is 1. The average Bonchev–Trinajstić information content (AvgIpc) is 2.94. The van der Waals surface area contributed by atoms with E-state index in [4.69, 9.17) is 0 Å². The minimum Gasteiger partial charge on any atom is -0.360 e. The Bertz CT molecular complexity index is 933. The van der Waals surface area contributed by atoms with Crippen LogP contribution >= 0.6 is 15.9 Å². The van der Waals surface area contributed by atoms with Crippen LogP contribution in [0.3, 0.4) is 0 Å². The van der Waals surface area contributed by atoms with Gasteiger partial charge in [-0.3, -0.25) is 14.9 Å². The number of nitrogens with one attached hydrogen (secondary N) is 2. The summed E-state index contributed by atoms with van der Waals surface area (Å²) in [5, 5.41) is 14.2. The molecule has 0 radical (unpaired) electrons. The number of carbonyl (C=O) groups excluding carboxylic acids is 1. The number of halogens is 1. The number of nitrogens with zero attached hydrogens (tertiary/aromatic N) is 1. The number of hydrogen-bond donors (Lipinski definition) is 2. The molecule has 2 N–H and O–H groups in total. The monoisotopic (exact) mass is 373 g/mol. The number of benzene rings is 2.